The van der Waals surface area contributed by atoms with Crippen LogP contribution in [0.25, 0.3) is 0 Å². The third kappa shape index (κ3) is 7.26. The second-order valence-electron chi connectivity index (χ2n) is 10.5. The monoisotopic (exact) mass is 512 g/mol. The zero-order valence-corrected chi connectivity index (χ0v) is 23.2. The summed E-state index contributed by atoms with van der Waals surface area (Å²) in [4.78, 5) is 5.50. The van der Waals surface area contributed by atoms with Crippen molar-refractivity contribution < 1.29 is 4.74 Å². The summed E-state index contributed by atoms with van der Waals surface area (Å²) in [7, 11) is 0. The van der Waals surface area contributed by atoms with Gasteiger partial charge in [0.15, 0.2) is 0 Å². The molecule has 1 saturated heterocycles. The van der Waals surface area contributed by atoms with Crippen LogP contribution >= 0.6 is 0 Å². The van der Waals surface area contributed by atoms with Crippen LogP contribution in [0.3, 0.4) is 0 Å². The summed E-state index contributed by atoms with van der Waals surface area (Å²) in [5.41, 5.74) is 0.112. The van der Waals surface area contributed by atoms with Gasteiger partial charge >= 0.3 is 186 Å². The van der Waals surface area contributed by atoms with Crippen molar-refractivity contribution in [1.82, 2.24) is 9.55 Å². The van der Waals surface area contributed by atoms with Gasteiger partial charge in [-0.05, 0) is 0 Å². The molecule has 0 aromatic carbocycles. The van der Waals surface area contributed by atoms with E-state index in [0.29, 0.717) is 0 Å². The molecule has 0 amide bonds. The Labute approximate surface area is 185 Å². The van der Waals surface area contributed by atoms with Crippen molar-refractivity contribution in [1.29, 1.82) is 0 Å². The summed E-state index contributed by atoms with van der Waals surface area (Å²) in [6, 6.07) is 0. The van der Waals surface area contributed by atoms with Crippen molar-refractivity contribution in [2.45, 2.75) is 118 Å². The molecule has 0 spiro atoms. The van der Waals surface area contributed by atoms with Crippen molar-refractivity contribution in [3.63, 3.8) is 0 Å². The predicted octanol–water partition coefficient (Wildman–Crippen LogP) is 6.66. The molecule has 3 nitrogen and oxygen atoms in total. The molecule has 1 aliphatic heterocycles. The van der Waals surface area contributed by atoms with Crippen molar-refractivity contribution >= 4 is 22.1 Å². The van der Waals surface area contributed by atoms with Gasteiger partial charge in [0.25, 0.3) is 0 Å². The molecule has 0 N–H and O–H groups in total. The third-order valence-corrected chi connectivity index (χ3v) is 21.8. The van der Waals surface area contributed by atoms with Gasteiger partial charge in [0.1, 0.15) is 0 Å². The summed E-state index contributed by atoms with van der Waals surface area (Å²) in [6.07, 6.45) is 13.2. The van der Waals surface area contributed by atoms with E-state index < -0.39 is 18.4 Å². The molecule has 4 heteroatoms. The molecule has 2 rings (SSSR count). The standard InChI is InChI=1S/C13H21N2O.3C4H9.Sn/c1-13(2,3)12-14-6-7-15(12)10-11-4-8-16-9-5-11;3*1-3-4-2;/h7,11H,4-5,8-10H2,1-3H3;3*1,3-4H2,2H3;. The minimum atomic E-state index is -2.47. The van der Waals surface area contributed by atoms with Crippen molar-refractivity contribution in [2.75, 3.05) is 13.2 Å². The second-order valence-corrected chi connectivity index (χ2v) is 23.6. The number of aromatic nitrogens is 2. The summed E-state index contributed by atoms with van der Waals surface area (Å²) in [6.45, 7) is 17.1. The maximum atomic E-state index is 5.61. The minimum absolute atomic E-state index is 0.112. The van der Waals surface area contributed by atoms with Crippen LogP contribution in [-0.4, -0.2) is 41.1 Å². The zero-order chi connectivity index (χ0) is 21.3. The van der Waals surface area contributed by atoms with Crippen molar-refractivity contribution in [2.24, 2.45) is 5.92 Å². The number of hydrogen-bond acceptors (Lipinski definition) is 2. The molecule has 0 radical (unpaired) electrons. The van der Waals surface area contributed by atoms with E-state index >= 15 is 0 Å². The van der Waals surface area contributed by atoms with E-state index in [0.717, 1.165) is 25.7 Å². The van der Waals surface area contributed by atoms with Crippen LogP contribution in [0.4, 0.5) is 0 Å². The molecule has 1 aromatic heterocycles. The molecule has 0 saturated carbocycles. The van der Waals surface area contributed by atoms with Gasteiger partial charge in [-0.2, -0.15) is 0 Å². The van der Waals surface area contributed by atoms with Crippen LogP contribution in [-0.2, 0) is 16.7 Å². The predicted molar refractivity (Wildman–Crippen MR) is 129 cm³/mol. The Balaban J connectivity index is 2.41. The topological polar surface area (TPSA) is 27.1 Å². The van der Waals surface area contributed by atoms with Crippen LogP contribution in [0.1, 0.15) is 98.7 Å². The zero-order valence-electron chi connectivity index (χ0n) is 20.4. The van der Waals surface area contributed by atoms with Gasteiger partial charge in [0.2, 0.25) is 0 Å². The SMILES string of the molecule is CCC[CH2][Sn]([CH2]CCC)([CH2]CCC)[c]1cn(CC2CCOCC2)c(C(C)(C)C)n1. The first-order valence-corrected chi connectivity index (χ1v) is 20.0. The molecular formula is C25H48N2OSn. The van der Waals surface area contributed by atoms with E-state index in [1.54, 1.807) is 3.71 Å². The summed E-state index contributed by atoms with van der Waals surface area (Å²) in [5, 5.41) is 0. The Morgan fingerprint density at radius 2 is 1.48 bits per heavy atom. The van der Waals surface area contributed by atoms with Gasteiger partial charge in [-0.3, -0.25) is 0 Å². The number of ether oxygens (including phenoxy) is 1. The van der Waals surface area contributed by atoms with Crippen LogP contribution in [0.15, 0.2) is 6.20 Å². The maximum absolute atomic E-state index is 5.61. The van der Waals surface area contributed by atoms with E-state index in [4.69, 9.17) is 9.72 Å². The quantitative estimate of drug-likeness (QED) is 0.294. The first kappa shape index (κ1) is 25.2. The molecular weight excluding hydrogens is 463 g/mol. The average molecular weight is 511 g/mol. The van der Waals surface area contributed by atoms with Crippen LogP contribution in [0, 0.1) is 5.92 Å². The molecule has 1 fully saturated rings. The van der Waals surface area contributed by atoms with Gasteiger partial charge in [0, 0.05) is 0 Å². The molecule has 29 heavy (non-hydrogen) atoms. The third-order valence-electron chi connectivity index (χ3n) is 6.81. The fourth-order valence-corrected chi connectivity index (χ4v) is 20.3. The van der Waals surface area contributed by atoms with E-state index in [1.165, 1.54) is 70.5 Å². The van der Waals surface area contributed by atoms with E-state index in [2.05, 4.69) is 52.3 Å². The van der Waals surface area contributed by atoms with Gasteiger partial charge < -0.3 is 0 Å². The first-order valence-electron chi connectivity index (χ1n) is 12.5. The molecule has 0 unspecified atom stereocenters. The summed E-state index contributed by atoms with van der Waals surface area (Å²) in [5.74, 6) is 2.09. The molecule has 0 aliphatic carbocycles. The van der Waals surface area contributed by atoms with Gasteiger partial charge in [-0.1, -0.05) is 0 Å². The van der Waals surface area contributed by atoms with Crippen LogP contribution in [0.2, 0.25) is 13.3 Å². The molecule has 168 valence electrons. The van der Waals surface area contributed by atoms with E-state index in [-0.39, 0.29) is 5.41 Å². The Kier molecular flexibility index (Phi) is 10.5. The number of rotatable bonds is 12. The van der Waals surface area contributed by atoms with Gasteiger partial charge in [-0.15, -0.1) is 0 Å². The number of nitrogens with zero attached hydrogens (tertiary/aromatic N) is 2. The first-order chi connectivity index (χ1) is 13.9. The number of unbranched alkanes of at least 4 members (excludes halogenated alkanes) is 3. The number of imidazole rings is 1. The van der Waals surface area contributed by atoms with Crippen LogP contribution < -0.4 is 3.71 Å². The normalized spacial score (nSPS) is 16.5. The van der Waals surface area contributed by atoms with Crippen molar-refractivity contribution in [3.05, 3.63) is 12.0 Å². The molecule has 1 aliphatic rings. The van der Waals surface area contributed by atoms with Crippen molar-refractivity contribution in [3.8, 4) is 0 Å². The molecule has 0 bridgehead atoms. The summed E-state index contributed by atoms with van der Waals surface area (Å²) < 4.78 is 14.3. The van der Waals surface area contributed by atoms with Gasteiger partial charge in [0.05, 0.1) is 0 Å². The van der Waals surface area contributed by atoms with E-state index in [1.807, 2.05) is 0 Å². The van der Waals surface area contributed by atoms with E-state index in [9.17, 15) is 0 Å². The Morgan fingerprint density at radius 3 is 1.93 bits per heavy atom. The van der Waals surface area contributed by atoms with Gasteiger partial charge in [-0.25, -0.2) is 0 Å². The van der Waals surface area contributed by atoms with Crippen LogP contribution in [0.5, 0.6) is 0 Å². The Bertz CT molecular complexity index is 562. The fourth-order valence-electron chi connectivity index (χ4n) is 4.92. The Hall–Kier alpha value is -0.0313. The fraction of sp³-hybridized carbons (Fsp3) is 0.880. The summed E-state index contributed by atoms with van der Waals surface area (Å²) >= 11 is -2.47. The Morgan fingerprint density at radius 1 is 0.966 bits per heavy atom. The average Bonchev–Trinajstić information content (AvgIpc) is 3.13. The molecule has 0 atom stereocenters. The molecule has 1 aromatic rings. The second kappa shape index (κ2) is 12.1. The number of hydrogen-bond donors (Lipinski definition) is 0. The molecule has 2 heterocycles.